The molecule has 1 aromatic rings. The molecule has 84 valence electrons. The van der Waals surface area contributed by atoms with E-state index in [1.807, 2.05) is 12.1 Å². The van der Waals surface area contributed by atoms with Crippen molar-refractivity contribution in [2.24, 2.45) is 5.92 Å². The Hall–Kier alpha value is -1.56. The predicted octanol–water partition coefficient (Wildman–Crippen LogP) is 2.93. The number of hydrogen-bond acceptors (Lipinski definition) is 2. The molecule has 0 aromatic heterocycles. The Kier molecular flexibility index (Phi) is 3.09. The summed E-state index contributed by atoms with van der Waals surface area (Å²) < 4.78 is 13.5. The van der Waals surface area contributed by atoms with Gasteiger partial charge in [0.1, 0.15) is 17.4 Å². The van der Waals surface area contributed by atoms with E-state index in [1.54, 1.807) is 6.07 Å². The molecule has 1 saturated heterocycles. The molecule has 2 nitrogen and oxygen atoms in total. The molecule has 1 aromatic carbocycles. The highest BCUT2D eigenvalue weighted by Crippen LogP contribution is 2.27. The molecule has 0 amide bonds. The number of nitriles is 1. The van der Waals surface area contributed by atoms with E-state index >= 15 is 0 Å². The molecule has 3 heteroatoms. The lowest BCUT2D eigenvalue weighted by Gasteiger charge is -2.33. The number of halogens is 1. The number of rotatable bonds is 1. The average molecular weight is 218 g/mol. The third-order valence-corrected chi connectivity index (χ3v) is 3.10. The van der Waals surface area contributed by atoms with Gasteiger partial charge < -0.3 is 4.90 Å². The fourth-order valence-electron chi connectivity index (χ4n) is 2.30. The lowest BCUT2D eigenvalue weighted by atomic mass is 9.99. The van der Waals surface area contributed by atoms with Gasteiger partial charge >= 0.3 is 0 Å². The van der Waals surface area contributed by atoms with Gasteiger partial charge in [0.15, 0.2) is 0 Å². The molecule has 1 heterocycles. The van der Waals surface area contributed by atoms with Crippen molar-refractivity contribution in [1.29, 1.82) is 5.26 Å². The van der Waals surface area contributed by atoms with Gasteiger partial charge in [-0.1, -0.05) is 13.0 Å². The molecule has 0 radical (unpaired) electrons. The Bertz CT molecular complexity index is 422. The molecular weight excluding hydrogens is 203 g/mol. The third-order valence-electron chi connectivity index (χ3n) is 3.10. The second-order valence-corrected chi connectivity index (χ2v) is 4.44. The molecule has 2 rings (SSSR count). The summed E-state index contributed by atoms with van der Waals surface area (Å²) in [4.78, 5) is 2.12. The second-order valence-electron chi connectivity index (χ2n) is 4.44. The average Bonchev–Trinajstić information content (AvgIpc) is 2.28. The molecular formula is C13H15FN2. The van der Waals surface area contributed by atoms with Crippen LogP contribution in [0.2, 0.25) is 0 Å². The first-order chi connectivity index (χ1) is 7.72. The second kappa shape index (κ2) is 4.52. The molecule has 1 aliphatic rings. The molecule has 0 saturated carbocycles. The van der Waals surface area contributed by atoms with E-state index in [-0.39, 0.29) is 5.56 Å². The lowest BCUT2D eigenvalue weighted by molar-refractivity contribution is 0.446. The molecule has 1 aliphatic heterocycles. The van der Waals surface area contributed by atoms with Crippen molar-refractivity contribution in [3.8, 4) is 6.07 Å². The fourth-order valence-corrected chi connectivity index (χ4v) is 2.30. The molecule has 0 bridgehead atoms. The maximum atomic E-state index is 13.5. The Balaban J connectivity index is 2.33. The van der Waals surface area contributed by atoms with E-state index < -0.39 is 5.82 Å². The lowest BCUT2D eigenvalue weighted by Crippen LogP contribution is -2.34. The van der Waals surface area contributed by atoms with Crippen LogP contribution >= 0.6 is 0 Å². The predicted molar refractivity (Wildman–Crippen MR) is 61.7 cm³/mol. The molecule has 0 spiro atoms. The first kappa shape index (κ1) is 10.9. The monoisotopic (exact) mass is 218 g/mol. The standard InChI is InChI=1S/C13H15FN2/c1-10-4-3-7-16(9-10)13-6-2-5-12(14)11(13)8-15/h2,5-6,10H,3-4,7,9H2,1H3. The molecule has 1 atom stereocenters. The SMILES string of the molecule is CC1CCCN(c2cccc(F)c2C#N)C1. The van der Waals surface area contributed by atoms with Crippen molar-refractivity contribution in [3.05, 3.63) is 29.6 Å². The Labute approximate surface area is 95.3 Å². The molecule has 1 fully saturated rings. The Morgan fingerprint density at radius 2 is 2.31 bits per heavy atom. The fraction of sp³-hybridized carbons (Fsp3) is 0.462. The van der Waals surface area contributed by atoms with Crippen molar-refractivity contribution in [2.75, 3.05) is 18.0 Å². The molecule has 1 unspecified atom stereocenters. The maximum absolute atomic E-state index is 13.5. The van der Waals surface area contributed by atoms with Crippen LogP contribution in [0.1, 0.15) is 25.3 Å². The summed E-state index contributed by atoms with van der Waals surface area (Å²) in [6.45, 7) is 4.03. The van der Waals surface area contributed by atoms with Crippen LogP contribution in [0.3, 0.4) is 0 Å². The van der Waals surface area contributed by atoms with Gasteiger partial charge in [0.25, 0.3) is 0 Å². The summed E-state index contributed by atoms with van der Waals surface area (Å²) in [5.74, 6) is 0.196. The quantitative estimate of drug-likeness (QED) is 0.724. The highest BCUT2D eigenvalue weighted by molar-refractivity contribution is 5.60. The summed E-state index contributed by atoms with van der Waals surface area (Å²) >= 11 is 0. The van der Waals surface area contributed by atoms with Crippen LogP contribution in [0.4, 0.5) is 10.1 Å². The maximum Gasteiger partial charge on any atom is 0.143 e. The molecule has 16 heavy (non-hydrogen) atoms. The summed E-state index contributed by atoms with van der Waals surface area (Å²) in [6.07, 6.45) is 2.33. The van der Waals surface area contributed by atoms with E-state index in [0.717, 1.165) is 25.2 Å². The molecule has 0 aliphatic carbocycles. The van der Waals surface area contributed by atoms with Crippen molar-refractivity contribution >= 4 is 5.69 Å². The van der Waals surface area contributed by atoms with Crippen LogP contribution in [0.5, 0.6) is 0 Å². The van der Waals surface area contributed by atoms with Crippen molar-refractivity contribution in [2.45, 2.75) is 19.8 Å². The van der Waals surface area contributed by atoms with Crippen molar-refractivity contribution in [3.63, 3.8) is 0 Å². The van der Waals surface area contributed by atoms with Gasteiger partial charge in [0.2, 0.25) is 0 Å². The van der Waals surface area contributed by atoms with Gasteiger partial charge in [-0.15, -0.1) is 0 Å². The highest BCUT2D eigenvalue weighted by Gasteiger charge is 2.20. The number of benzene rings is 1. The summed E-state index contributed by atoms with van der Waals surface area (Å²) in [6, 6.07) is 6.81. The number of anilines is 1. The van der Waals surface area contributed by atoms with Crippen LogP contribution in [0.15, 0.2) is 18.2 Å². The Morgan fingerprint density at radius 3 is 3.00 bits per heavy atom. The van der Waals surface area contributed by atoms with E-state index in [9.17, 15) is 4.39 Å². The zero-order valence-corrected chi connectivity index (χ0v) is 9.41. The first-order valence-corrected chi connectivity index (χ1v) is 5.66. The minimum absolute atomic E-state index is 0.177. The van der Waals surface area contributed by atoms with Crippen LogP contribution in [0.25, 0.3) is 0 Å². The summed E-state index contributed by atoms with van der Waals surface area (Å²) in [7, 11) is 0. The van der Waals surface area contributed by atoms with Crippen molar-refractivity contribution < 1.29 is 4.39 Å². The van der Waals surface area contributed by atoms with Gasteiger partial charge in [-0.05, 0) is 30.9 Å². The smallest absolute Gasteiger partial charge is 0.143 e. The van der Waals surface area contributed by atoms with Crippen LogP contribution < -0.4 is 4.90 Å². The van der Waals surface area contributed by atoms with Gasteiger partial charge in [-0.2, -0.15) is 5.26 Å². The zero-order valence-electron chi connectivity index (χ0n) is 9.41. The molecule has 0 N–H and O–H groups in total. The first-order valence-electron chi connectivity index (χ1n) is 5.66. The van der Waals surface area contributed by atoms with E-state index in [2.05, 4.69) is 11.8 Å². The summed E-state index contributed by atoms with van der Waals surface area (Å²) in [5.41, 5.74) is 0.922. The Morgan fingerprint density at radius 1 is 1.50 bits per heavy atom. The number of nitrogens with zero attached hydrogens (tertiary/aromatic N) is 2. The minimum atomic E-state index is -0.418. The summed E-state index contributed by atoms with van der Waals surface area (Å²) in [5, 5.41) is 8.98. The van der Waals surface area contributed by atoms with Crippen molar-refractivity contribution in [1.82, 2.24) is 0 Å². The number of hydrogen-bond donors (Lipinski definition) is 0. The van der Waals surface area contributed by atoms with Gasteiger partial charge in [-0.25, -0.2) is 4.39 Å². The largest absolute Gasteiger partial charge is 0.370 e. The van der Waals surface area contributed by atoms with E-state index in [1.165, 1.54) is 12.5 Å². The van der Waals surface area contributed by atoms with E-state index in [4.69, 9.17) is 5.26 Å². The van der Waals surface area contributed by atoms with E-state index in [0.29, 0.717) is 5.92 Å². The van der Waals surface area contributed by atoms with Gasteiger partial charge in [0.05, 0.1) is 5.69 Å². The number of piperidine rings is 1. The topological polar surface area (TPSA) is 27.0 Å². The third kappa shape index (κ3) is 2.01. The normalized spacial score (nSPS) is 20.6. The zero-order chi connectivity index (χ0) is 11.5. The van der Waals surface area contributed by atoms with Gasteiger partial charge in [-0.3, -0.25) is 0 Å². The minimum Gasteiger partial charge on any atom is -0.370 e. The van der Waals surface area contributed by atoms with Crippen LogP contribution in [-0.2, 0) is 0 Å². The van der Waals surface area contributed by atoms with Gasteiger partial charge in [0, 0.05) is 13.1 Å². The van der Waals surface area contributed by atoms with Crippen LogP contribution in [0, 0.1) is 23.1 Å². The van der Waals surface area contributed by atoms with Crippen LogP contribution in [-0.4, -0.2) is 13.1 Å². The highest BCUT2D eigenvalue weighted by atomic mass is 19.1.